The number of benzene rings is 2. The van der Waals surface area contributed by atoms with Crippen LogP contribution in [-0.2, 0) is 4.79 Å². The highest BCUT2D eigenvalue weighted by Gasteiger charge is 2.31. The Bertz CT molecular complexity index is 920. The average molecular weight is 437 g/mol. The van der Waals surface area contributed by atoms with Gasteiger partial charge in [0, 0.05) is 37.9 Å². The number of para-hydroxylation sites is 3. The van der Waals surface area contributed by atoms with Crippen molar-refractivity contribution in [2.75, 3.05) is 43.5 Å². The minimum absolute atomic E-state index is 0.0501. The number of urea groups is 1. The summed E-state index contributed by atoms with van der Waals surface area (Å²) >= 11 is 0. The van der Waals surface area contributed by atoms with Crippen molar-refractivity contribution in [1.82, 2.24) is 10.2 Å². The zero-order valence-electron chi connectivity index (χ0n) is 18.6. The first kappa shape index (κ1) is 22.0. The molecule has 0 bridgehead atoms. The average Bonchev–Trinajstić information content (AvgIpc) is 2.85. The van der Waals surface area contributed by atoms with Gasteiger partial charge in [-0.25, -0.2) is 4.79 Å². The Labute approximate surface area is 189 Å². The van der Waals surface area contributed by atoms with Gasteiger partial charge in [-0.2, -0.15) is 0 Å². The number of hydrogen-bond donors (Lipinski definition) is 2. The summed E-state index contributed by atoms with van der Waals surface area (Å²) in [5.74, 6) is 0.729. The van der Waals surface area contributed by atoms with Gasteiger partial charge in [0.15, 0.2) is 0 Å². The number of anilines is 2. The van der Waals surface area contributed by atoms with E-state index in [4.69, 9.17) is 4.74 Å². The second kappa shape index (κ2) is 10.4. The van der Waals surface area contributed by atoms with Crippen LogP contribution < -0.4 is 20.3 Å². The van der Waals surface area contributed by atoms with Gasteiger partial charge in [0.1, 0.15) is 5.75 Å². The Hall–Kier alpha value is -3.22. The maximum Gasteiger partial charge on any atom is 0.321 e. The van der Waals surface area contributed by atoms with Crippen molar-refractivity contribution < 1.29 is 14.3 Å². The molecule has 2 saturated heterocycles. The number of likely N-dealkylation sites (tertiary alicyclic amines) is 1. The monoisotopic (exact) mass is 436 g/mol. The molecule has 0 aromatic heterocycles. The van der Waals surface area contributed by atoms with Crippen molar-refractivity contribution in [2.45, 2.75) is 31.7 Å². The van der Waals surface area contributed by atoms with Crippen LogP contribution in [0.3, 0.4) is 0 Å². The number of amides is 3. The first-order chi connectivity index (χ1) is 15.6. The molecular formula is C25H32N4O3. The molecule has 2 aromatic carbocycles. The van der Waals surface area contributed by atoms with Crippen LogP contribution in [0.15, 0.2) is 54.6 Å². The van der Waals surface area contributed by atoms with E-state index >= 15 is 0 Å². The Balaban J connectivity index is 1.32. The number of methoxy groups -OCH3 is 1. The molecule has 0 spiro atoms. The van der Waals surface area contributed by atoms with Gasteiger partial charge in [0.25, 0.3) is 0 Å². The van der Waals surface area contributed by atoms with Crippen LogP contribution in [0.25, 0.3) is 0 Å². The largest absolute Gasteiger partial charge is 0.495 e. The predicted octanol–water partition coefficient (Wildman–Crippen LogP) is 3.72. The quantitative estimate of drug-likeness (QED) is 0.749. The van der Waals surface area contributed by atoms with E-state index in [1.54, 1.807) is 12.0 Å². The van der Waals surface area contributed by atoms with Gasteiger partial charge in [0.05, 0.1) is 18.7 Å². The highest BCUT2D eigenvalue weighted by atomic mass is 16.5. The van der Waals surface area contributed by atoms with Gasteiger partial charge in [-0.15, -0.1) is 0 Å². The maximum atomic E-state index is 13.0. The summed E-state index contributed by atoms with van der Waals surface area (Å²) in [7, 11) is 1.69. The van der Waals surface area contributed by atoms with E-state index in [1.165, 1.54) is 0 Å². The standard InChI is InChI=1S/C25H32N4O3/c1-32-23-14-6-5-13-22(23)28-15-8-12-21(18-28)26-24(30)19-9-7-16-29(17-19)25(31)27-20-10-3-2-4-11-20/h2-6,10-11,13-14,19,21H,7-9,12,15-18H2,1H3,(H,26,30)(H,27,31). The Morgan fingerprint density at radius 3 is 2.50 bits per heavy atom. The molecule has 2 fully saturated rings. The summed E-state index contributed by atoms with van der Waals surface area (Å²) in [5, 5.41) is 6.18. The van der Waals surface area contributed by atoms with Crippen molar-refractivity contribution in [3.05, 3.63) is 54.6 Å². The number of carbonyl (C=O) groups is 2. The summed E-state index contributed by atoms with van der Waals surface area (Å²) < 4.78 is 5.51. The number of piperidine rings is 2. The van der Waals surface area contributed by atoms with E-state index in [0.717, 1.165) is 55.9 Å². The third kappa shape index (κ3) is 5.33. The van der Waals surface area contributed by atoms with E-state index in [9.17, 15) is 9.59 Å². The minimum atomic E-state index is -0.174. The zero-order chi connectivity index (χ0) is 22.3. The molecule has 32 heavy (non-hydrogen) atoms. The molecule has 170 valence electrons. The van der Waals surface area contributed by atoms with Gasteiger partial charge in [-0.05, 0) is 49.9 Å². The van der Waals surface area contributed by atoms with Crippen LogP contribution in [-0.4, -0.2) is 56.2 Å². The fourth-order valence-electron chi connectivity index (χ4n) is 4.62. The predicted molar refractivity (Wildman–Crippen MR) is 126 cm³/mol. The van der Waals surface area contributed by atoms with Gasteiger partial charge in [0.2, 0.25) is 5.91 Å². The van der Waals surface area contributed by atoms with Crippen LogP contribution in [0.5, 0.6) is 5.75 Å². The molecular weight excluding hydrogens is 404 g/mol. The summed E-state index contributed by atoms with van der Waals surface area (Å²) in [6.45, 7) is 2.83. The minimum Gasteiger partial charge on any atom is -0.495 e. The lowest BCUT2D eigenvalue weighted by Crippen LogP contribution is -2.52. The summed E-state index contributed by atoms with van der Waals surface area (Å²) in [6, 6.07) is 17.4. The molecule has 0 saturated carbocycles. The fourth-order valence-corrected chi connectivity index (χ4v) is 4.62. The number of rotatable bonds is 5. The Kier molecular flexibility index (Phi) is 7.14. The van der Waals surface area contributed by atoms with Crippen molar-refractivity contribution in [3.63, 3.8) is 0 Å². The lowest BCUT2D eigenvalue weighted by atomic mass is 9.96. The summed E-state index contributed by atoms with van der Waals surface area (Å²) in [6.07, 6.45) is 3.61. The third-order valence-electron chi connectivity index (χ3n) is 6.30. The lowest BCUT2D eigenvalue weighted by molar-refractivity contribution is -0.127. The van der Waals surface area contributed by atoms with Gasteiger partial charge < -0.3 is 25.2 Å². The van der Waals surface area contributed by atoms with Crippen molar-refractivity contribution in [2.24, 2.45) is 5.92 Å². The molecule has 3 amide bonds. The van der Waals surface area contributed by atoms with Crippen LogP contribution in [0.2, 0.25) is 0 Å². The van der Waals surface area contributed by atoms with E-state index in [0.29, 0.717) is 13.1 Å². The summed E-state index contributed by atoms with van der Waals surface area (Å²) in [4.78, 5) is 29.7. The Morgan fingerprint density at radius 1 is 0.938 bits per heavy atom. The first-order valence-corrected chi connectivity index (χ1v) is 11.4. The maximum absolute atomic E-state index is 13.0. The first-order valence-electron chi connectivity index (χ1n) is 11.4. The van der Waals surface area contributed by atoms with Crippen molar-refractivity contribution in [1.29, 1.82) is 0 Å². The highest BCUT2D eigenvalue weighted by molar-refractivity contribution is 5.90. The molecule has 0 aliphatic carbocycles. The summed E-state index contributed by atoms with van der Waals surface area (Å²) in [5.41, 5.74) is 1.83. The van der Waals surface area contributed by atoms with E-state index in [-0.39, 0.29) is 23.9 Å². The molecule has 2 aliphatic rings. The van der Waals surface area contributed by atoms with Crippen molar-refractivity contribution >= 4 is 23.3 Å². The van der Waals surface area contributed by atoms with E-state index in [2.05, 4.69) is 21.6 Å². The number of nitrogens with zero attached hydrogens (tertiary/aromatic N) is 2. The number of hydrogen-bond acceptors (Lipinski definition) is 4. The van der Waals surface area contributed by atoms with Gasteiger partial charge >= 0.3 is 6.03 Å². The van der Waals surface area contributed by atoms with Gasteiger partial charge in [-0.3, -0.25) is 4.79 Å². The molecule has 7 nitrogen and oxygen atoms in total. The van der Waals surface area contributed by atoms with E-state index in [1.807, 2.05) is 48.5 Å². The van der Waals surface area contributed by atoms with Crippen LogP contribution in [0, 0.1) is 5.92 Å². The molecule has 2 N–H and O–H groups in total. The third-order valence-corrected chi connectivity index (χ3v) is 6.30. The highest BCUT2D eigenvalue weighted by Crippen LogP contribution is 2.30. The molecule has 2 heterocycles. The van der Waals surface area contributed by atoms with E-state index < -0.39 is 0 Å². The normalized spacial score (nSPS) is 21.0. The number of ether oxygens (including phenoxy) is 1. The second-order valence-electron chi connectivity index (χ2n) is 8.55. The smallest absolute Gasteiger partial charge is 0.321 e. The van der Waals surface area contributed by atoms with Crippen LogP contribution in [0.4, 0.5) is 16.2 Å². The second-order valence-corrected chi connectivity index (χ2v) is 8.55. The molecule has 2 aliphatic heterocycles. The molecule has 2 unspecified atom stereocenters. The van der Waals surface area contributed by atoms with Crippen LogP contribution >= 0.6 is 0 Å². The number of nitrogens with one attached hydrogen (secondary N) is 2. The SMILES string of the molecule is COc1ccccc1N1CCCC(NC(=O)C2CCCN(C(=O)Nc3ccccc3)C2)C1. The number of carbonyl (C=O) groups excluding carboxylic acids is 2. The van der Waals surface area contributed by atoms with Crippen LogP contribution in [0.1, 0.15) is 25.7 Å². The van der Waals surface area contributed by atoms with Gasteiger partial charge in [-0.1, -0.05) is 30.3 Å². The topological polar surface area (TPSA) is 73.9 Å². The zero-order valence-corrected chi connectivity index (χ0v) is 18.6. The molecule has 7 heteroatoms. The molecule has 2 atom stereocenters. The lowest BCUT2D eigenvalue weighted by Gasteiger charge is -2.37. The molecule has 0 radical (unpaired) electrons. The fraction of sp³-hybridized carbons (Fsp3) is 0.440. The molecule has 2 aromatic rings. The Morgan fingerprint density at radius 2 is 1.69 bits per heavy atom. The van der Waals surface area contributed by atoms with Crippen molar-refractivity contribution in [3.8, 4) is 5.75 Å². The molecule has 4 rings (SSSR count).